The molecule has 0 saturated carbocycles. The number of halogens is 1. The maximum absolute atomic E-state index is 11.2. The molecule has 108 valence electrons. The predicted molar refractivity (Wildman–Crippen MR) is 78.8 cm³/mol. The largest absolute Gasteiger partial charge is 0.479 e. The summed E-state index contributed by atoms with van der Waals surface area (Å²) in [4.78, 5) is 10.7. The van der Waals surface area contributed by atoms with Crippen LogP contribution in [0.15, 0.2) is 28.8 Å². The van der Waals surface area contributed by atoms with Crippen molar-refractivity contribution in [2.24, 2.45) is 0 Å². The zero-order valence-corrected chi connectivity index (χ0v) is 12.7. The van der Waals surface area contributed by atoms with Gasteiger partial charge in [0, 0.05) is 16.1 Å². The molecule has 5 nitrogen and oxygen atoms in total. The molecule has 2 atom stereocenters. The Labute approximate surface area is 125 Å². The summed E-state index contributed by atoms with van der Waals surface area (Å²) >= 11 is 3.22. The molecule has 6 heteroatoms. The number of hydrogen-bond acceptors (Lipinski definition) is 4. The standard InChI is InChI=1S/C14H16BrNO4/c1-9(17)12-7-10(15)8-13(16(18)19)14(12)20-11-5-3-2-4-6-11/h3,5,7-9,11,17H,2,4,6H2,1H3/t9-,11?/m0/s1. The lowest BCUT2D eigenvalue weighted by atomic mass is 10.0. The van der Waals surface area contributed by atoms with E-state index in [1.165, 1.54) is 6.07 Å². The van der Waals surface area contributed by atoms with E-state index >= 15 is 0 Å². The Balaban J connectivity index is 2.44. The van der Waals surface area contributed by atoms with E-state index in [4.69, 9.17) is 4.74 Å². The molecule has 1 aromatic carbocycles. The van der Waals surface area contributed by atoms with Gasteiger partial charge in [0.2, 0.25) is 5.75 Å². The zero-order chi connectivity index (χ0) is 14.7. The van der Waals surface area contributed by atoms with Gasteiger partial charge in [-0.25, -0.2) is 0 Å². The topological polar surface area (TPSA) is 72.6 Å². The highest BCUT2D eigenvalue weighted by Gasteiger charge is 2.25. The van der Waals surface area contributed by atoms with Crippen LogP contribution in [0.4, 0.5) is 5.69 Å². The van der Waals surface area contributed by atoms with Gasteiger partial charge in [-0.3, -0.25) is 10.1 Å². The number of benzene rings is 1. The van der Waals surface area contributed by atoms with Crippen molar-refractivity contribution in [3.05, 3.63) is 44.4 Å². The van der Waals surface area contributed by atoms with Gasteiger partial charge >= 0.3 is 5.69 Å². The quantitative estimate of drug-likeness (QED) is 0.512. The van der Waals surface area contributed by atoms with Crippen molar-refractivity contribution in [1.82, 2.24) is 0 Å². The molecule has 1 unspecified atom stereocenters. The van der Waals surface area contributed by atoms with Crippen molar-refractivity contribution in [3.8, 4) is 5.75 Å². The number of rotatable bonds is 4. The predicted octanol–water partition coefficient (Wildman–Crippen LogP) is 3.90. The summed E-state index contributed by atoms with van der Waals surface area (Å²) in [6.07, 6.45) is 5.74. The number of nitrogens with zero attached hydrogens (tertiary/aromatic N) is 1. The molecule has 2 rings (SSSR count). The minimum atomic E-state index is -0.839. The molecule has 0 aliphatic heterocycles. The average Bonchev–Trinajstić information content (AvgIpc) is 2.41. The molecular weight excluding hydrogens is 326 g/mol. The van der Waals surface area contributed by atoms with E-state index in [0.29, 0.717) is 10.0 Å². The Hall–Kier alpha value is -1.40. The third-order valence-electron chi connectivity index (χ3n) is 3.19. The summed E-state index contributed by atoms with van der Waals surface area (Å²) in [5.41, 5.74) is 0.291. The summed E-state index contributed by atoms with van der Waals surface area (Å²) in [5, 5.41) is 21.0. The lowest BCUT2D eigenvalue weighted by Crippen LogP contribution is -2.17. The highest BCUT2D eigenvalue weighted by molar-refractivity contribution is 9.10. The molecule has 0 fully saturated rings. The summed E-state index contributed by atoms with van der Waals surface area (Å²) < 4.78 is 6.33. The monoisotopic (exact) mass is 341 g/mol. The van der Waals surface area contributed by atoms with Crippen molar-refractivity contribution in [2.45, 2.75) is 38.4 Å². The number of ether oxygens (including phenoxy) is 1. The molecule has 0 radical (unpaired) electrons. The summed E-state index contributed by atoms with van der Waals surface area (Å²) in [6, 6.07) is 3.05. The number of aliphatic hydroxyl groups excluding tert-OH is 1. The smallest absolute Gasteiger partial charge is 0.312 e. The second-order valence-electron chi connectivity index (χ2n) is 4.79. The number of allylic oxidation sites excluding steroid dienone is 1. The minimum Gasteiger partial charge on any atom is -0.479 e. The number of nitro groups is 1. The highest BCUT2D eigenvalue weighted by atomic mass is 79.9. The van der Waals surface area contributed by atoms with Crippen LogP contribution in [0.5, 0.6) is 5.75 Å². The highest BCUT2D eigenvalue weighted by Crippen LogP contribution is 2.39. The molecule has 0 heterocycles. The molecule has 0 aromatic heterocycles. The summed E-state index contributed by atoms with van der Waals surface area (Å²) in [5.74, 6) is 0.157. The van der Waals surface area contributed by atoms with Crippen LogP contribution in [0.3, 0.4) is 0 Å². The van der Waals surface area contributed by atoms with Crippen molar-refractivity contribution < 1.29 is 14.8 Å². The van der Waals surface area contributed by atoms with Gasteiger partial charge in [-0.2, -0.15) is 0 Å². The van der Waals surface area contributed by atoms with Crippen molar-refractivity contribution in [1.29, 1.82) is 0 Å². The Morgan fingerprint density at radius 2 is 2.30 bits per heavy atom. The van der Waals surface area contributed by atoms with E-state index in [0.717, 1.165) is 19.3 Å². The van der Waals surface area contributed by atoms with E-state index in [1.807, 2.05) is 12.2 Å². The molecule has 1 aliphatic carbocycles. The first kappa shape index (κ1) is 15.0. The van der Waals surface area contributed by atoms with Gasteiger partial charge in [-0.15, -0.1) is 0 Å². The van der Waals surface area contributed by atoms with Crippen LogP contribution in [0.2, 0.25) is 0 Å². The third-order valence-corrected chi connectivity index (χ3v) is 3.65. The SMILES string of the molecule is C[C@H](O)c1cc(Br)cc([N+](=O)[O-])c1OC1C=CCCC1. The van der Waals surface area contributed by atoms with E-state index in [9.17, 15) is 15.2 Å². The van der Waals surface area contributed by atoms with Crippen LogP contribution in [-0.4, -0.2) is 16.1 Å². The van der Waals surface area contributed by atoms with E-state index in [1.54, 1.807) is 13.0 Å². The van der Waals surface area contributed by atoms with E-state index < -0.39 is 11.0 Å². The number of hydrogen-bond donors (Lipinski definition) is 1. The lowest BCUT2D eigenvalue weighted by molar-refractivity contribution is -0.386. The van der Waals surface area contributed by atoms with Crippen LogP contribution in [0.1, 0.15) is 37.9 Å². The van der Waals surface area contributed by atoms with Crippen molar-refractivity contribution in [2.75, 3.05) is 0 Å². The second kappa shape index (κ2) is 6.37. The maximum Gasteiger partial charge on any atom is 0.312 e. The first-order valence-corrected chi connectivity index (χ1v) is 7.27. The molecule has 1 aromatic rings. The number of aliphatic hydroxyl groups is 1. The van der Waals surface area contributed by atoms with Gasteiger partial charge in [0.05, 0.1) is 11.0 Å². The van der Waals surface area contributed by atoms with Crippen molar-refractivity contribution in [3.63, 3.8) is 0 Å². The maximum atomic E-state index is 11.2. The van der Waals surface area contributed by atoms with Gasteiger partial charge < -0.3 is 9.84 Å². The fourth-order valence-corrected chi connectivity index (χ4v) is 2.67. The fraction of sp³-hybridized carbons (Fsp3) is 0.429. The Morgan fingerprint density at radius 3 is 2.85 bits per heavy atom. The van der Waals surface area contributed by atoms with E-state index in [2.05, 4.69) is 15.9 Å². The third kappa shape index (κ3) is 3.37. The molecule has 1 aliphatic rings. The van der Waals surface area contributed by atoms with Crippen LogP contribution in [0.25, 0.3) is 0 Å². The van der Waals surface area contributed by atoms with Crippen LogP contribution in [-0.2, 0) is 0 Å². The normalized spacial score (nSPS) is 19.6. The van der Waals surface area contributed by atoms with Gasteiger partial charge in [0.15, 0.2) is 0 Å². The van der Waals surface area contributed by atoms with Gasteiger partial charge in [0.25, 0.3) is 0 Å². The van der Waals surface area contributed by atoms with Crippen LogP contribution >= 0.6 is 15.9 Å². The average molecular weight is 342 g/mol. The molecule has 0 amide bonds. The van der Waals surface area contributed by atoms with Gasteiger partial charge in [-0.1, -0.05) is 22.0 Å². The van der Waals surface area contributed by atoms with E-state index in [-0.39, 0.29) is 17.5 Å². The molecular formula is C14H16BrNO4. The molecule has 20 heavy (non-hydrogen) atoms. The van der Waals surface area contributed by atoms with Gasteiger partial charge in [-0.05, 0) is 38.3 Å². The Bertz CT molecular complexity index is 542. The lowest BCUT2D eigenvalue weighted by Gasteiger charge is -2.21. The molecule has 0 spiro atoms. The van der Waals surface area contributed by atoms with Crippen molar-refractivity contribution >= 4 is 21.6 Å². The second-order valence-corrected chi connectivity index (χ2v) is 5.71. The molecule has 0 saturated heterocycles. The van der Waals surface area contributed by atoms with Gasteiger partial charge in [0.1, 0.15) is 6.10 Å². The Kier molecular flexibility index (Phi) is 4.77. The first-order valence-electron chi connectivity index (χ1n) is 6.48. The number of nitro benzene ring substituents is 1. The summed E-state index contributed by atoms with van der Waals surface area (Å²) in [6.45, 7) is 1.56. The van der Waals surface area contributed by atoms with Crippen LogP contribution < -0.4 is 4.74 Å². The van der Waals surface area contributed by atoms with Crippen LogP contribution in [0, 0.1) is 10.1 Å². The first-order chi connectivity index (χ1) is 9.49. The zero-order valence-electron chi connectivity index (χ0n) is 11.1. The fourth-order valence-electron chi connectivity index (χ4n) is 2.20. The molecule has 0 bridgehead atoms. The Morgan fingerprint density at radius 1 is 1.55 bits per heavy atom. The summed E-state index contributed by atoms with van der Waals surface area (Å²) in [7, 11) is 0. The molecule has 1 N–H and O–H groups in total. The minimum absolute atomic E-state index is 0.130.